The fourth-order valence-corrected chi connectivity index (χ4v) is 2.44. The Hall–Kier alpha value is -2.06. The zero-order valence-electron chi connectivity index (χ0n) is 14.0. The molecule has 1 heterocycles. The molecule has 25 heavy (non-hydrogen) atoms. The summed E-state index contributed by atoms with van der Waals surface area (Å²) in [7, 11) is 4.95. The number of carbonyl (C=O) groups excluding carboxylic acids is 1. The van der Waals surface area contributed by atoms with E-state index >= 15 is 0 Å². The molecule has 9 heteroatoms. The van der Waals surface area contributed by atoms with Crippen LogP contribution >= 0.6 is 12.4 Å². The van der Waals surface area contributed by atoms with Crippen LogP contribution in [0.5, 0.6) is 0 Å². The first-order valence-electron chi connectivity index (χ1n) is 7.29. The number of likely N-dealkylation sites (N-methyl/N-ethyl adjacent to an activating group) is 2. The van der Waals surface area contributed by atoms with Crippen molar-refractivity contribution in [2.75, 3.05) is 14.1 Å². The van der Waals surface area contributed by atoms with E-state index in [2.05, 4.69) is 10.4 Å². The number of benzene rings is 1. The zero-order valence-corrected chi connectivity index (χ0v) is 14.9. The third-order valence-electron chi connectivity index (χ3n) is 3.64. The minimum atomic E-state index is -4.40. The van der Waals surface area contributed by atoms with Crippen LogP contribution in [0, 0.1) is 0 Å². The van der Waals surface area contributed by atoms with Gasteiger partial charge in [-0.25, -0.2) is 0 Å². The number of aromatic nitrogens is 2. The number of rotatable bonds is 5. The lowest BCUT2D eigenvalue weighted by atomic mass is 10.1. The van der Waals surface area contributed by atoms with Crippen molar-refractivity contribution in [1.29, 1.82) is 0 Å². The highest BCUT2D eigenvalue weighted by Gasteiger charge is 2.30. The molecule has 0 radical (unpaired) electrons. The lowest BCUT2D eigenvalue weighted by Gasteiger charge is -2.23. The van der Waals surface area contributed by atoms with E-state index < -0.39 is 17.8 Å². The molecule has 1 aromatic heterocycles. The van der Waals surface area contributed by atoms with Crippen molar-refractivity contribution in [3.8, 4) is 0 Å². The van der Waals surface area contributed by atoms with E-state index in [9.17, 15) is 18.0 Å². The Bertz CT molecular complexity index is 717. The summed E-state index contributed by atoms with van der Waals surface area (Å²) < 4.78 is 39.9. The second kappa shape index (κ2) is 8.35. The number of alkyl halides is 3. The molecule has 1 amide bonds. The fourth-order valence-electron chi connectivity index (χ4n) is 2.44. The first-order chi connectivity index (χ1) is 11.2. The van der Waals surface area contributed by atoms with Gasteiger partial charge >= 0.3 is 6.18 Å². The standard InChI is InChI=1S/C16H19F3N4O.ClH/c1-20-14(12-8-21-23(3)10-12)15(24)22(2)9-11-5-4-6-13(7-11)16(17,18)19;/h4-8,10,14,20H,9H2,1-3H3;1H. The van der Waals surface area contributed by atoms with Gasteiger partial charge in [0.25, 0.3) is 0 Å². The summed E-state index contributed by atoms with van der Waals surface area (Å²) in [6, 6.07) is 4.37. The highest BCUT2D eigenvalue weighted by molar-refractivity contribution is 5.85. The van der Waals surface area contributed by atoms with Crippen LogP contribution in [0.15, 0.2) is 36.7 Å². The number of amides is 1. The molecule has 0 fully saturated rings. The van der Waals surface area contributed by atoms with Crippen LogP contribution in [0.2, 0.25) is 0 Å². The maximum atomic E-state index is 12.8. The van der Waals surface area contributed by atoms with Gasteiger partial charge in [-0.15, -0.1) is 12.4 Å². The highest BCUT2D eigenvalue weighted by atomic mass is 35.5. The van der Waals surface area contributed by atoms with Crippen LogP contribution in [0.3, 0.4) is 0 Å². The van der Waals surface area contributed by atoms with Crippen LogP contribution in [0.1, 0.15) is 22.7 Å². The third-order valence-corrected chi connectivity index (χ3v) is 3.64. The van der Waals surface area contributed by atoms with E-state index in [0.717, 1.165) is 12.1 Å². The van der Waals surface area contributed by atoms with E-state index in [1.165, 1.54) is 11.0 Å². The monoisotopic (exact) mass is 376 g/mol. The van der Waals surface area contributed by atoms with Crippen LogP contribution in [0.4, 0.5) is 13.2 Å². The van der Waals surface area contributed by atoms with E-state index in [1.807, 2.05) is 0 Å². The van der Waals surface area contributed by atoms with Crippen LogP contribution in [-0.2, 0) is 24.6 Å². The maximum Gasteiger partial charge on any atom is 0.416 e. The fraction of sp³-hybridized carbons (Fsp3) is 0.375. The molecule has 0 aliphatic rings. The highest BCUT2D eigenvalue weighted by Crippen LogP contribution is 2.29. The van der Waals surface area contributed by atoms with E-state index in [-0.39, 0.29) is 24.9 Å². The lowest BCUT2D eigenvalue weighted by molar-refractivity contribution is -0.137. The van der Waals surface area contributed by atoms with Gasteiger partial charge in [-0.2, -0.15) is 18.3 Å². The number of nitrogens with zero attached hydrogens (tertiary/aromatic N) is 3. The second-order valence-corrected chi connectivity index (χ2v) is 5.56. The number of aryl methyl sites for hydroxylation is 1. The van der Waals surface area contributed by atoms with Gasteiger partial charge in [0.05, 0.1) is 11.8 Å². The van der Waals surface area contributed by atoms with Crippen molar-refractivity contribution in [1.82, 2.24) is 20.0 Å². The molecule has 2 aromatic rings. The number of nitrogens with one attached hydrogen (secondary N) is 1. The summed E-state index contributed by atoms with van der Waals surface area (Å²) in [6.07, 6.45) is -1.10. The van der Waals surface area contributed by atoms with Crippen LogP contribution < -0.4 is 5.32 Å². The number of carbonyl (C=O) groups is 1. The molecule has 5 nitrogen and oxygen atoms in total. The van der Waals surface area contributed by atoms with Gasteiger partial charge in [-0.1, -0.05) is 12.1 Å². The third kappa shape index (κ3) is 5.20. The summed E-state index contributed by atoms with van der Waals surface area (Å²) in [5, 5.41) is 6.94. The molecule has 0 aliphatic carbocycles. The Morgan fingerprint density at radius 2 is 2.08 bits per heavy atom. The minimum Gasteiger partial charge on any atom is -0.340 e. The lowest BCUT2D eigenvalue weighted by Crippen LogP contribution is -2.37. The van der Waals surface area contributed by atoms with Crippen LogP contribution in [0.25, 0.3) is 0 Å². The quantitative estimate of drug-likeness (QED) is 0.873. The van der Waals surface area contributed by atoms with Crippen LogP contribution in [-0.4, -0.2) is 34.7 Å². The summed E-state index contributed by atoms with van der Waals surface area (Å²) in [6.45, 7) is 0.0845. The van der Waals surface area contributed by atoms with Crippen molar-refractivity contribution < 1.29 is 18.0 Å². The average Bonchev–Trinajstić information content (AvgIpc) is 2.93. The average molecular weight is 377 g/mol. The molecule has 2 rings (SSSR count). The van der Waals surface area contributed by atoms with Crippen molar-refractivity contribution in [3.63, 3.8) is 0 Å². The SMILES string of the molecule is CNC(C(=O)N(C)Cc1cccc(C(F)(F)F)c1)c1cnn(C)c1.Cl. The van der Waals surface area contributed by atoms with Gasteiger partial charge < -0.3 is 10.2 Å². The predicted octanol–water partition coefficient (Wildman–Crippen LogP) is 2.78. The number of hydrogen-bond acceptors (Lipinski definition) is 3. The van der Waals surface area contributed by atoms with Crippen molar-refractivity contribution in [2.24, 2.45) is 7.05 Å². The molecule has 0 aliphatic heterocycles. The molecule has 138 valence electrons. The Balaban J connectivity index is 0.00000312. The Kier molecular flexibility index (Phi) is 7.01. The molecule has 1 N–H and O–H groups in total. The Morgan fingerprint density at radius 3 is 2.60 bits per heavy atom. The number of hydrogen-bond donors (Lipinski definition) is 1. The maximum absolute atomic E-state index is 12.8. The minimum absolute atomic E-state index is 0. The van der Waals surface area contributed by atoms with Gasteiger partial charge in [0, 0.05) is 32.4 Å². The summed E-state index contributed by atoms with van der Waals surface area (Å²) in [4.78, 5) is 14.0. The van der Waals surface area contributed by atoms with Crippen molar-refractivity contribution in [3.05, 3.63) is 53.3 Å². The molecule has 1 unspecified atom stereocenters. The normalized spacial score (nSPS) is 12.4. The van der Waals surface area contributed by atoms with Gasteiger partial charge in [-0.05, 0) is 24.7 Å². The topological polar surface area (TPSA) is 50.2 Å². The van der Waals surface area contributed by atoms with E-state index in [0.29, 0.717) is 11.1 Å². The second-order valence-electron chi connectivity index (χ2n) is 5.56. The molecule has 0 bridgehead atoms. The molecule has 1 atom stereocenters. The van der Waals surface area contributed by atoms with E-state index in [1.54, 1.807) is 44.3 Å². The van der Waals surface area contributed by atoms with Crippen molar-refractivity contribution >= 4 is 18.3 Å². The van der Waals surface area contributed by atoms with Gasteiger partial charge in [0.1, 0.15) is 6.04 Å². The van der Waals surface area contributed by atoms with Gasteiger partial charge in [0.2, 0.25) is 5.91 Å². The predicted molar refractivity (Wildman–Crippen MR) is 90.2 cm³/mol. The summed E-state index contributed by atoms with van der Waals surface area (Å²) in [5.74, 6) is -0.247. The smallest absolute Gasteiger partial charge is 0.340 e. The van der Waals surface area contributed by atoms with Gasteiger partial charge in [-0.3, -0.25) is 9.48 Å². The van der Waals surface area contributed by atoms with E-state index in [4.69, 9.17) is 0 Å². The first-order valence-corrected chi connectivity index (χ1v) is 7.29. The number of halogens is 4. The molecule has 0 saturated carbocycles. The first kappa shape index (κ1) is 21.0. The summed E-state index contributed by atoms with van der Waals surface area (Å²) in [5.41, 5.74) is 0.390. The van der Waals surface area contributed by atoms with Crippen molar-refractivity contribution in [2.45, 2.75) is 18.8 Å². The summed E-state index contributed by atoms with van der Waals surface area (Å²) >= 11 is 0. The largest absolute Gasteiger partial charge is 0.416 e. The molecule has 0 saturated heterocycles. The Labute approximate surface area is 150 Å². The Morgan fingerprint density at radius 1 is 1.40 bits per heavy atom. The molecular formula is C16H20ClF3N4O. The molecule has 1 aromatic carbocycles. The molecular weight excluding hydrogens is 357 g/mol. The molecule has 0 spiro atoms. The zero-order chi connectivity index (χ0) is 17.9. The van der Waals surface area contributed by atoms with Gasteiger partial charge in [0.15, 0.2) is 0 Å².